The number of amides is 2. The van der Waals surface area contributed by atoms with Crippen LogP contribution in [0.2, 0.25) is 0 Å². The van der Waals surface area contributed by atoms with Crippen molar-refractivity contribution in [2.24, 2.45) is 11.8 Å². The van der Waals surface area contributed by atoms with Crippen LogP contribution in [-0.4, -0.2) is 55.6 Å². The van der Waals surface area contributed by atoms with Crippen LogP contribution in [0.5, 0.6) is 0 Å². The van der Waals surface area contributed by atoms with Gasteiger partial charge in [-0.2, -0.15) is 0 Å². The molecule has 0 bridgehead atoms. The van der Waals surface area contributed by atoms with Crippen molar-refractivity contribution in [3.05, 3.63) is 34.9 Å². The molecule has 2 fully saturated rings. The van der Waals surface area contributed by atoms with Gasteiger partial charge in [0.25, 0.3) is 0 Å². The fourth-order valence-electron chi connectivity index (χ4n) is 6.85. The lowest BCUT2D eigenvalue weighted by atomic mass is 9.72. The summed E-state index contributed by atoms with van der Waals surface area (Å²) in [6.07, 6.45) is 9.21. The van der Waals surface area contributed by atoms with E-state index in [1.165, 1.54) is 54.5 Å². The Labute approximate surface area is 229 Å². The number of hydrogen-bond donors (Lipinski definition) is 1. The van der Waals surface area contributed by atoms with Crippen molar-refractivity contribution in [3.8, 4) is 0 Å². The van der Waals surface area contributed by atoms with Gasteiger partial charge in [-0.05, 0) is 66.0 Å². The second-order valence-corrected chi connectivity index (χ2v) is 13.9. The number of carbonyl (C=O) groups excluding carboxylic acids is 2. The summed E-state index contributed by atoms with van der Waals surface area (Å²) in [6, 6.07) is 4.85. The Morgan fingerprint density at radius 1 is 1.13 bits per heavy atom. The summed E-state index contributed by atoms with van der Waals surface area (Å²) in [6.45, 7) is 15.5. The number of nitrogens with one attached hydrogen (secondary N) is 1. The van der Waals surface area contributed by atoms with Gasteiger partial charge in [0.15, 0.2) is 0 Å². The van der Waals surface area contributed by atoms with Crippen LogP contribution in [-0.2, 0) is 25.2 Å². The highest BCUT2D eigenvalue weighted by molar-refractivity contribution is 5.99. The highest BCUT2D eigenvalue weighted by Crippen LogP contribution is 2.48. The maximum Gasteiger partial charge on any atom is 0.229 e. The summed E-state index contributed by atoms with van der Waals surface area (Å²) in [5, 5.41) is 3.21. The van der Waals surface area contributed by atoms with Gasteiger partial charge in [-0.15, -0.1) is 0 Å². The average Bonchev–Trinajstić information content (AvgIpc) is 3.15. The molecular weight excluding hydrogens is 474 g/mol. The molecule has 3 aliphatic heterocycles. The molecule has 5 rings (SSSR count). The summed E-state index contributed by atoms with van der Waals surface area (Å²) >= 11 is 0. The van der Waals surface area contributed by atoms with E-state index in [9.17, 15) is 9.59 Å². The number of fused-ring (bicyclic) bond motifs is 1. The van der Waals surface area contributed by atoms with Gasteiger partial charge >= 0.3 is 0 Å². The summed E-state index contributed by atoms with van der Waals surface area (Å²) in [5.74, 6) is 0.746. The van der Waals surface area contributed by atoms with Gasteiger partial charge < -0.3 is 19.9 Å². The van der Waals surface area contributed by atoms with E-state index in [1.807, 2.05) is 11.9 Å². The van der Waals surface area contributed by atoms with E-state index in [4.69, 9.17) is 4.74 Å². The summed E-state index contributed by atoms with van der Waals surface area (Å²) in [5.41, 5.74) is 5.45. The molecule has 208 valence electrons. The molecule has 6 heteroatoms. The molecule has 1 aromatic carbocycles. The zero-order chi connectivity index (χ0) is 27.4. The molecule has 2 amide bonds. The lowest BCUT2D eigenvalue weighted by molar-refractivity contribution is -0.128. The minimum atomic E-state index is -0.255. The van der Waals surface area contributed by atoms with Crippen molar-refractivity contribution in [2.75, 3.05) is 31.7 Å². The monoisotopic (exact) mass is 521 g/mol. The lowest BCUT2D eigenvalue weighted by Crippen LogP contribution is -2.52. The van der Waals surface area contributed by atoms with Gasteiger partial charge in [0.2, 0.25) is 11.8 Å². The standard InChI is InChI=1S/C32H47N3O3/c1-20-24(30(37)33-23-18-38-19-23)15-27(35(20)17-21-11-9-8-10-12-21)22-13-25(31(2,3)4)29-26(14-22)32(5,6)16-28(36)34(29)7/h13-15,20-21,23-24H,8-12,16-19H2,1-7H3,(H,33,37). The number of hydrogen-bond acceptors (Lipinski definition) is 4. The smallest absolute Gasteiger partial charge is 0.229 e. The van der Waals surface area contributed by atoms with E-state index in [0.29, 0.717) is 25.6 Å². The average molecular weight is 522 g/mol. The van der Waals surface area contributed by atoms with Crippen LogP contribution in [0.25, 0.3) is 5.70 Å². The van der Waals surface area contributed by atoms with Crippen LogP contribution in [0.1, 0.15) is 96.8 Å². The quantitative estimate of drug-likeness (QED) is 0.565. The SMILES string of the molecule is CC1C(C(=O)NC2COC2)C=C(c2cc(C(C)(C)C)c3c(c2)C(C)(C)CC(=O)N3C)N1CC1CCCCC1. The van der Waals surface area contributed by atoms with E-state index in [1.54, 1.807) is 0 Å². The molecule has 1 saturated heterocycles. The first-order valence-corrected chi connectivity index (χ1v) is 14.7. The number of rotatable bonds is 5. The number of anilines is 1. The molecule has 1 aliphatic carbocycles. The first-order valence-electron chi connectivity index (χ1n) is 14.7. The second kappa shape index (κ2) is 10.0. The molecule has 38 heavy (non-hydrogen) atoms. The van der Waals surface area contributed by atoms with E-state index in [-0.39, 0.29) is 40.6 Å². The van der Waals surface area contributed by atoms with E-state index < -0.39 is 0 Å². The third-order valence-electron chi connectivity index (χ3n) is 9.37. The number of ether oxygens (including phenoxy) is 1. The third kappa shape index (κ3) is 5.01. The van der Waals surface area contributed by atoms with Crippen LogP contribution in [0.4, 0.5) is 5.69 Å². The Morgan fingerprint density at radius 3 is 2.42 bits per heavy atom. The van der Waals surface area contributed by atoms with Crippen LogP contribution >= 0.6 is 0 Å². The third-order valence-corrected chi connectivity index (χ3v) is 9.37. The molecule has 1 aromatic rings. The number of carbonyl (C=O) groups is 2. The van der Waals surface area contributed by atoms with Crippen molar-refractivity contribution in [1.29, 1.82) is 0 Å². The fraction of sp³-hybridized carbons (Fsp3) is 0.688. The molecule has 1 N–H and O–H groups in total. The highest BCUT2D eigenvalue weighted by Gasteiger charge is 2.42. The van der Waals surface area contributed by atoms with Crippen molar-refractivity contribution in [1.82, 2.24) is 10.2 Å². The Morgan fingerprint density at radius 2 is 1.82 bits per heavy atom. The lowest BCUT2D eigenvalue weighted by Gasteiger charge is -2.41. The zero-order valence-corrected chi connectivity index (χ0v) is 24.5. The summed E-state index contributed by atoms with van der Waals surface area (Å²) in [7, 11) is 1.92. The van der Waals surface area contributed by atoms with Gasteiger partial charge in [-0.1, -0.05) is 53.9 Å². The maximum absolute atomic E-state index is 13.4. The molecule has 2 atom stereocenters. The summed E-state index contributed by atoms with van der Waals surface area (Å²) < 4.78 is 5.30. The maximum atomic E-state index is 13.4. The summed E-state index contributed by atoms with van der Waals surface area (Å²) in [4.78, 5) is 30.8. The van der Waals surface area contributed by atoms with E-state index in [2.05, 4.69) is 70.0 Å². The minimum absolute atomic E-state index is 0.0966. The molecular formula is C32H47N3O3. The Bertz CT molecular complexity index is 1100. The second-order valence-electron chi connectivity index (χ2n) is 13.9. The van der Waals surface area contributed by atoms with E-state index in [0.717, 1.165) is 12.2 Å². The predicted octanol–water partition coefficient (Wildman–Crippen LogP) is 5.38. The highest BCUT2D eigenvalue weighted by atomic mass is 16.5. The number of benzene rings is 1. The predicted molar refractivity (Wildman–Crippen MR) is 153 cm³/mol. The molecule has 4 aliphatic rings. The molecule has 1 saturated carbocycles. The first kappa shape index (κ1) is 27.2. The van der Waals surface area contributed by atoms with Crippen LogP contribution in [0.3, 0.4) is 0 Å². The van der Waals surface area contributed by atoms with Gasteiger partial charge in [0.05, 0.1) is 30.9 Å². The van der Waals surface area contributed by atoms with Crippen LogP contribution in [0.15, 0.2) is 18.2 Å². The normalized spacial score (nSPS) is 26.2. The molecule has 3 heterocycles. The Balaban J connectivity index is 1.60. The van der Waals surface area contributed by atoms with Crippen LogP contribution in [0, 0.1) is 11.8 Å². The molecule has 2 unspecified atom stereocenters. The Kier molecular flexibility index (Phi) is 7.17. The fourth-order valence-corrected chi connectivity index (χ4v) is 6.85. The molecule has 0 spiro atoms. The number of nitrogens with zero attached hydrogens (tertiary/aromatic N) is 2. The van der Waals surface area contributed by atoms with Crippen molar-refractivity contribution in [2.45, 2.75) is 103 Å². The van der Waals surface area contributed by atoms with Gasteiger partial charge in [-0.25, -0.2) is 0 Å². The molecule has 0 aromatic heterocycles. The molecule has 0 radical (unpaired) electrons. The minimum Gasteiger partial charge on any atom is -0.377 e. The van der Waals surface area contributed by atoms with Gasteiger partial charge in [0.1, 0.15) is 0 Å². The van der Waals surface area contributed by atoms with Gasteiger partial charge in [-0.3, -0.25) is 9.59 Å². The van der Waals surface area contributed by atoms with E-state index >= 15 is 0 Å². The topological polar surface area (TPSA) is 61.9 Å². The van der Waals surface area contributed by atoms with Crippen molar-refractivity contribution < 1.29 is 14.3 Å². The largest absolute Gasteiger partial charge is 0.377 e. The molecule has 6 nitrogen and oxygen atoms in total. The first-order chi connectivity index (χ1) is 17.9. The van der Waals surface area contributed by atoms with Gasteiger partial charge in [0, 0.05) is 37.2 Å². The van der Waals surface area contributed by atoms with Crippen LogP contribution < -0.4 is 10.2 Å². The van der Waals surface area contributed by atoms with Crippen molar-refractivity contribution >= 4 is 23.2 Å². The zero-order valence-electron chi connectivity index (χ0n) is 24.5. The van der Waals surface area contributed by atoms with Crippen molar-refractivity contribution in [3.63, 3.8) is 0 Å². The Hall–Kier alpha value is -2.34.